The molecule has 0 radical (unpaired) electrons. The van der Waals surface area contributed by atoms with E-state index in [0.29, 0.717) is 17.0 Å². The fraction of sp³-hybridized carbons (Fsp3) is 0.625. The van der Waals surface area contributed by atoms with Gasteiger partial charge in [0.1, 0.15) is 11.5 Å². The second-order valence-electron chi connectivity index (χ2n) is 11.3. The molecule has 0 aromatic heterocycles. The van der Waals surface area contributed by atoms with Crippen LogP contribution in [0.15, 0.2) is 24.3 Å². The summed E-state index contributed by atoms with van der Waals surface area (Å²) in [4.78, 5) is 0. The van der Waals surface area contributed by atoms with Crippen molar-refractivity contribution in [2.45, 2.75) is 128 Å². The molecule has 1 unspecified atom stereocenters. The molecule has 2 aliphatic carbocycles. The Hall–Kier alpha value is -2.04. The molecule has 0 heterocycles. The number of hydrogen-bond acceptors (Lipinski definition) is 4. The lowest BCUT2D eigenvalue weighted by molar-refractivity contribution is 0.272. The van der Waals surface area contributed by atoms with Crippen molar-refractivity contribution < 1.29 is 20.4 Å². The summed E-state index contributed by atoms with van der Waals surface area (Å²) in [6.45, 7) is 3.99. The minimum Gasteiger partial charge on any atom is -0.507 e. The maximum atomic E-state index is 11.1. The zero-order valence-electron chi connectivity index (χ0n) is 22.4. The quantitative estimate of drug-likeness (QED) is 0.288. The minimum atomic E-state index is -0.254. The summed E-state index contributed by atoms with van der Waals surface area (Å²) in [5, 5.41) is 42.6. The highest BCUT2D eigenvalue weighted by Gasteiger charge is 2.38. The van der Waals surface area contributed by atoms with Gasteiger partial charge in [0.15, 0.2) is 0 Å². The molecule has 2 aromatic rings. The first-order valence-electron chi connectivity index (χ1n) is 14.4. The summed E-state index contributed by atoms with van der Waals surface area (Å²) < 4.78 is 0. The number of aromatic hydroxyl groups is 2. The van der Waals surface area contributed by atoms with Gasteiger partial charge in [0.25, 0.3) is 0 Å². The highest BCUT2D eigenvalue weighted by molar-refractivity contribution is 5.54. The van der Waals surface area contributed by atoms with Gasteiger partial charge in [0.2, 0.25) is 0 Å². The van der Waals surface area contributed by atoms with Gasteiger partial charge in [0, 0.05) is 16.5 Å². The lowest BCUT2D eigenvalue weighted by atomic mass is 9.63. The number of benzene rings is 2. The van der Waals surface area contributed by atoms with Crippen LogP contribution in [0.25, 0.3) is 0 Å². The standard InChI is InChI=1S/C32H46O4/c1-3-11-22(4-2)28-18-26(16-24(20-33)30(28)35)32(14-9-6-10-15-32)27-17-25(21-34)31(36)29(19-27)23-12-7-5-8-13-23/h16-19,22-23,33-36H,3-15,20-21H2,1-2H3. The molecule has 0 amide bonds. The fourth-order valence-corrected chi connectivity index (χ4v) is 7.10. The van der Waals surface area contributed by atoms with Crippen molar-refractivity contribution in [1.29, 1.82) is 0 Å². The molecule has 4 heteroatoms. The molecular weight excluding hydrogens is 448 g/mol. The number of rotatable bonds is 9. The Kier molecular flexibility index (Phi) is 9.00. The van der Waals surface area contributed by atoms with Crippen LogP contribution < -0.4 is 0 Å². The summed E-state index contributed by atoms with van der Waals surface area (Å²) >= 11 is 0. The minimum absolute atomic E-state index is 0.174. The molecular formula is C32H46O4. The van der Waals surface area contributed by atoms with Crippen LogP contribution in [0.4, 0.5) is 0 Å². The molecule has 0 aliphatic heterocycles. The van der Waals surface area contributed by atoms with E-state index in [1.165, 1.54) is 31.2 Å². The number of aliphatic hydroxyl groups is 2. The summed E-state index contributed by atoms with van der Waals surface area (Å²) in [7, 11) is 0. The molecule has 4 nitrogen and oxygen atoms in total. The van der Waals surface area contributed by atoms with E-state index < -0.39 is 0 Å². The Balaban J connectivity index is 1.92. The molecule has 0 spiro atoms. The average molecular weight is 495 g/mol. The third kappa shape index (κ3) is 5.17. The van der Waals surface area contributed by atoms with Crippen LogP contribution in [-0.4, -0.2) is 20.4 Å². The van der Waals surface area contributed by atoms with Crippen LogP contribution in [0.3, 0.4) is 0 Å². The van der Waals surface area contributed by atoms with Crippen molar-refractivity contribution in [1.82, 2.24) is 0 Å². The van der Waals surface area contributed by atoms with Gasteiger partial charge in [-0.25, -0.2) is 0 Å². The molecule has 2 fully saturated rings. The Labute approximate surface area is 217 Å². The van der Waals surface area contributed by atoms with Gasteiger partial charge in [-0.2, -0.15) is 0 Å². The van der Waals surface area contributed by atoms with Crippen molar-refractivity contribution in [3.63, 3.8) is 0 Å². The van der Waals surface area contributed by atoms with Crippen molar-refractivity contribution in [3.8, 4) is 11.5 Å². The Morgan fingerprint density at radius 3 is 1.94 bits per heavy atom. The van der Waals surface area contributed by atoms with Crippen LogP contribution in [-0.2, 0) is 18.6 Å². The maximum absolute atomic E-state index is 11.1. The van der Waals surface area contributed by atoms with E-state index >= 15 is 0 Å². The van der Waals surface area contributed by atoms with Crippen molar-refractivity contribution in [2.24, 2.45) is 0 Å². The molecule has 0 bridgehead atoms. The molecule has 2 aliphatic rings. The molecule has 36 heavy (non-hydrogen) atoms. The zero-order chi connectivity index (χ0) is 25.7. The van der Waals surface area contributed by atoms with Crippen LogP contribution in [0.1, 0.15) is 143 Å². The fourth-order valence-electron chi connectivity index (χ4n) is 7.10. The summed E-state index contributed by atoms with van der Waals surface area (Å²) in [6, 6.07) is 8.51. The van der Waals surface area contributed by atoms with Crippen LogP contribution in [0.2, 0.25) is 0 Å². The third-order valence-electron chi connectivity index (χ3n) is 9.20. The van der Waals surface area contributed by atoms with Crippen molar-refractivity contribution >= 4 is 0 Å². The monoisotopic (exact) mass is 494 g/mol. The Morgan fingerprint density at radius 2 is 1.36 bits per heavy atom. The molecule has 198 valence electrons. The first-order valence-corrected chi connectivity index (χ1v) is 14.4. The molecule has 4 N–H and O–H groups in total. The predicted molar refractivity (Wildman–Crippen MR) is 146 cm³/mol. The lowest BCUT2D eigenvalue weighted by Gasteiger charge is -2.40. The van der Waals surface area contributed by atoms with E-state index in [-0.39, 0.29) is 36.0 Å². The van der Waals surface area contributed by atoms with Gasteiger partial charge in [0.05, 0.1) is 13.2 Å². The largest absolute Gasteiger partial charge is 0.507 e. The van der Waals surface area contributed by atoms with E-state index in [1.807, 2.05) is 12.1 Å². The Bertz CT molecular complexity index is 951. The second-order valence-corrected chi connectivity index (χ2v) is 11.3. The van der Waals surface area contributed by atoms with Gasteiger partial charge in [-0.05, 0) is 84.7 Å². The van der Waals surface area contributed by atoms with E-state index in [9.17, 15) is 20.4 Å². The maximum Gasteiger partial charge on any atom is 0.124 e. The van der Waals surface area contributed by atoms with Gasteiger partial charge < -0.3 is 20.4 Å². The van der Waals surface area contributed by atoms with Crippen LogP contribution in [0.5, 0.6) is 11.5 Å². The number of phenols is 2. The van der Waals surface area contributed by atoms with Crippen LogP contribution in [0, 0.1) is 0 Å². The molecule has 2 aromatic carbocycles. The Morgan fingerprint density at radius 1 is 0.778 bits per heavy atom. The van der Waals surface area contributed by atoms with E-state index in [4.69, 9.17) is 0 Å². The SMILES string of the molecule is CCCC(CC)c1cc(C2(c3cc(CO)c(O)c(C4CCCCC4)c3)CCCCC2)cc(CO)c1O. The zero-order valence-corrected chi connectivity index (χ0v) is 22.4. The van der Waals surface area contributed by atoms with Crippen LogP contribution >= 0.6 is 0 Å². The molecule has 4 rings (SSSR count). The molecule has 0 saturated heterocycles. The predicted octanol–water partition coefficient (Wildman–Crippen LogP) is 7.67. The summed E-state index contributed by atoms with van der Waals surface area (Å²) in [5.41, 5.74) is 5.27. The first kappa shape index (κ1) is 27.0. The summed E-state index contributed by atoms with van der Waals surface area (Å²) in [5.74, 6) is 1.11. The van der Waals surface area contributed by atoms with Crippen molar-refractivity contribution in [3.05, 3.63) is 57.6 Å². The third-order valence-corrected chi connectivity index (χ3v) is 9.20. The lowest BCUT2D eigenvalue weighted by Crippen LogP contribution is -2.31. The van der Waals surface area contributed by atoms with Crippen molar-refractivity contribution in [2.75, 3.05) is 0 Å². The molecule has 2 saturated carbocycles. The highest BCUT2D eigenvalue weighted by Crippen LogP contribution is 2.50. The summed E-state index contributed by atoms with van der Waals surface area (Å²) in [6.07, 6.45) is 14.2. The smallest absolute Gasteiger partial charge is 0.124 e. The first-order chi connectivity index (χ1) is 17.5. The average Bonchev–Trinajstić information content (AvgIpc) is 2.93. The van der Waals surface area contributed by atoms with E-state index in [1.54, 1.807) is 0 Å². The highest BCUT2D eigenvalue weighted by atomic mass is 16.3. The van der Waals surface area contributed by atoms with Gasteiger partial charge in [-0.3, -0.25) is 0 Å². The van der Waals surface area contributed by atoms with Gasteiger partial charge >= 0.3 is 0 Å². The second kappa shape index (κ2) is 12.0. The number of aliphatic hydroxyl groups excluding tert-OH is 2. The normalized spacial score (nSPS) is 19.3. The van der Waals surface area contributed by atoms with E-state index in [0.717, 1.165) is 74.5 Å². The molecule has 1 atom stereocenters. The topological polar surface area (TPSA) is 80.9 Å². The van der Waals surface area contributed by atoms with Gasteiger partial charge in [-0.15, -0.1) is 0 Å². The van der Waals surface area contributed by atoms with Gasteiger partial charge in [-0.1, -0.05) is 70.9 Å². The van der Waals surface area contributed by atoms with E-state index in [2.05, 4.69) is 26.0 Å². The number of hydrogen-bond donors (Lipinski definition) is 4.